The molecule has 0 unspecified atom stereocenters. The summed E-state index contributed by atoms with van der Waals surface area (Å²) in [5.41, 5.74) is 0. The molecule has 2 rings (SSSR count). The molecular formula is C13H21Cl2N3O3S2. The van der Waals surface area contributed by atoms with E-state index in [4.69, 9.17) is 11.6 Å². The highest BCUT2D eigenvalue weighted by Crippen LogP contribution is 2.28. The molecule has 0 atom stereocenters. The first-order valence-electron chi connectivity index (χ1n) is 7.13. The van der Waals surface area contributed by atoms with Crippen LogP contribution in [0.3, 0.4) is 0 Å². The van der Waals surface area contributed by atoms with Crippen molar-refractivity contribution in [1.29, 1.82) is 0 Å². The molecule has 23 heavy (non-hydrogen) atoms. The van der Waals surface area contributed by atoms with Crippen LogP contribution in [-0.4, -0.2) is 63.3 Å². The molecule has 1 aliphatic rings. The number of thiophene rings is 1. The Morgan fingerprint density at radius 3 is 2.65 bits per heavy atom. The van der Waals surface area contributed by atoms with E-state index >= 15 is 0 Å². The third-order valence-corrected chi connectivity index (χ3v) is 7.14. The van der Waals surface area contributed by atoms with Gasteiger partial charge in [-0.1, -0.05) is 11.6 Å². The molecule has 0 saturated carbocycles. The van der Waals surface area contributed by atoms with E-state index in [1.807, 2.05) is 0 Å². The SMILES string of the molecule is CNCCC(=O)N1CCCN(S(=O)(=O)c2ccc(Cl)s2)CC1.Cl. The zero-order chi connectivity index (χ0) is 16.2. The lowest BCUT2D eigenvalue weighted by Crippen LogP contribution is -2.37. The topological polar surface area (TPSA) is 69.7 Å². The van der Waals surface area contributed by atoms with Crippen molar-refractivity contribution in [2.45, 2.75) is 17.1 Å². The lowest BCUT2D eigenvalue weighted by Gasteiger charge is -2.21. The lowest BCUT2D eigenvalue weighted by atomic mass is 10.3. The van der Waals surface area contributed by atoms with E-state index in [1.54, 1.807) is 18.0 Å². The quantitative estimate of drug-likeness (QED) is 0.813. The van der Waals surface area contributed by atoms with Gasteiger partial charge < -0.3 is 10.2 Å². The fourth-order valence-corrected chi connectivity index (χ4v) is 5.44. The molecule has 0 radical (unpaired) electrons. The molecule has 2 heterocycles. The summed E-state index contributed by atoms with van der Waals surface area (Å²) in [5.74, 6) is 0.0627. The molecule has 1 saturated heterocycles. The minimum atomic E-state index is -3.51. The van der Waals surface area contributed by atoms with E-state index in [0.717, 1.165) is 11.3 Å². The number of rotatable bonds is 5. The molecule has 10 heteroatoms. The van der Waals surface area contributed by atoms with E-state index in [2.05, 4.69) is 5.32 Å². The van der Waals surface area contributed by atoms with Gasteiger partial charge in [-0.3, -0.25) is 4.79 Å². The summed E-state index contributed by atoms with van der Waals surface area (Å²) in [6.07, 6.45) is 1.08. The van der Waals surface area contributed by atoms with Gasteiger partial charge in [-0.2, -0.15) is 4.31 Å². The van der Waals surface area contributed by atoms with Crippen molar-refractivity contribution in [1.82, 2.24) is 14.5 Å². The van der Waals surface area contributed by atoms with Crippen LogP contribution in [0, 0.1) is 0 Å². The van der Waals surface area contributed by atoms with Gasteiger partial charge in [-0.15, -0.1) is 23.7 Å². The zero-order valence-electron chi connectivity index (χ0n) is 12.8. The third-order valence-electron chi connectivity index (χ3n) is 3.54. The van der Waals surface area contributed by atoms with Crippen LogP contribution in [0.5, 0.6) is 0 Å². The first kappa shape index (κ1) is 20.7. The number of carbonyl (C=O) groups is 1. The van der Waals surface area contributed by atoms with Crippen LogP contribution in [0.1, 0.15) is 12.8 Å². The van der Waals surface area contributed by atoms with Gasteiger partial charge in [-0.25, -0.2) is 8.42 Å². The number of hydrogen-bond donors (Lipinski definition) is 1. The van der Waals surface area contributed by atoms with E-state index in [0.29, 0.717) is 49.9 Å². The maximum Gasteiger partial charge on any atom is 0.252 e. The fraction of sp³-hybridized carbons (Fsp3) is 0.615. The van der Waals surface area contributed by atoms with Crippen molar-refractivity contribution in [2.24, 2.45) is 0 Å². The Morgan fingerprint density at radius 1 is 1.30 bits per heavy atom. The summed E-state index contributed by atoms with van der Waals surface area (Å²) in [5, 5.41) is 2.95. The molecule has 0 aromatic carbocycles. The summed E-state index contributed by atoms with van der Waals surface area (Å²) in [6.45, 7) is 2.41. The third kappa shape index (κ3) is 5.30. The Balaban J connectivity index is 0.00000264. The maximum atomic E-state index is 12.6. The van der Waals surface area contributed by atoms with Crippen LogP contribution < -0.4 is 5.32 Å². The van der Waals surface area contributed by atoms with Gasteiger partial charge in [0.15, 0.2) is 0 Å². The van der Waals surface area contributed by atoms with Crippen molar-refractivity contribution < 1.29 is 13.2 Å². The van der Waals surface area contributed by atoms with Crippen LogP contribution in [0.15, 0.2) is 16.3 Å². The van der Waals surface area contributed by atoms with E-state index < -0.39 is 10.0 Å². The molecule has 1 fully saturated rings. The normalized spacial score (nSPS) is 16.7. The van der Waals surface area contributed by atoms with Crippen LogP contribution in [0.4, 0.5) is 0 Å². The molecule has 1 aromatic heterocycles. The highest BCUT2D eigenvalue weighted by atomic mass is 35.5. The molecule has 1 N–H and O–H groups in total. The van der Waals surface area contributed by atoms with Crippen LogP contribution in [0.25, 0.3) is 0 Å². The average molecular weight is 402 g/mol. The van der Waals surface area contributed by atoms with Gasteiger partial charge in [0, 0.05) is 39.1 Å². The average Bonchev–Trinajstić information content (AvgIpc) is 2.77. The molecule has 0 spiro atoms. The Kier molecular flexibility index (Phi) is 8.26. The second-order valence-electron chi connectivity index (χ2n) is 5.05. The number of hydrogen-bond acceptors (Lipinski definition) is 5. The Bertz CT molecular complexity index is 622. The van der Waals surface area contributed by atoms with Crippen molar-refractivity contribution in [3.05, 3.63) is 16.5 Å². The van der Waals surface area contributed by atoms with Gasteiger partial charge in [0.05, 0.1) is 4.34 Å². The summed E-state index contributed by atoms with van der Waals surface area (Å²) < 4.78 is 27.3. The second-order valence-corrected chi connectivity index (χ2v) is 8.93. The van der Waals surface area contributed by atoms with Crippen molar-refractivity contribution >= 4 is 51.3 Å². The highest BCUT2D eigenvalue weighted by Gasteiger charge is 2.29. The number of nitrogens with one attached hydrogen (secondary N) is 1. The Labute approximate surface area is 152 Å². The van der Waals surface area contributed by atoms with Crippen molar-refractivity contribution in [2.75, 3.05) is 39.8 Å². The molecule has 0 bridgehead atoms. The Morgan fingerprint density at radius 2 is 2.04 bits per heavy atom. The highest BCUT2D eigenvalue weighted by molar-refractivity contribution is 7.91. The molecular weight excluding hydrogens is 381 g/mol. The first-order chi connectivity index (χ1) is 10.4. The number of nitrogens with zero attached hydrogens (tertiary/aromatic N) is 2. The van der Waals surface area contributed by atoms with Crippen LogP contribution in [-0.2, 0) is 14.8 Å². The predicted octanol–water partition coefficient (Wildman–Crippen LogP) is 1.66. The Hall–Kier alpha value is -0.380. The number of amides is 1. The largest absolute Gasteiger partial charge is 0.341 e. The fourth-order valence-electron chi connectivity index (χ4n) is 2.34. The van der Waals surface area contributed by atoms with Gasteiger partial charge >= 0.3 is 0 Å². The second kappa shape index (κ2) is 9.19. The van der Waals surface area contributed by atoms with Crippen LogP contribution in [0.2, 0.25) is 4.34 Å². The lowest BCUT2D eigenvalue weighted by molar-refractivity contribution is -0.130. The predicted molar refractivity (Wildman–Crippen MR) is 95.1 cm³/mol. The van der Waals surface area contributed by atoms with Crippen LogP contribution >= 0.6 is 35.3 Å². The standard InChI is InChI=1S/C13H20ClN3O3S2.ClH/c1-15-6-5-12(18)16-7-2-8-17(10-9-16)22(19,20)13-4-3-11(14)21-13;/h3-4,15H,2,5-10H2,1H3;1H. The summed E-state index contributed by atoms with van der Waals surface area (Å²) in [7, 11) is -1.71. The number of halogens is 2. The zero-order valence-corrected chi connectivity index (χ0v) is 16.0. The summed E-state index contributed by atoms with van der Waals surface area (Å²) >= 11 is 6.89. The van der Waals surface area contributed by atoms with E-state index in [1.165, 1.54) is 10.4 Å². The van der Waals surface area contributed by atoms with E-state index in [-0.39, 0.29) is 22.5 Å². The molecule has 0 aliphatic carbocycles. The van der Waals surface area contributed by atoms with Gasteiger partial charge in [-0.05, 0) is 25.6 Å². The minimum Gasteiger partial charge on any atom is -0.341 e. The maximum absolute atomic E-state index is 12.6. The monoisotopic (exact) mass is 401 g/mol. The minimum absolute atomic E-state index is 0. The van der Waals surface area contributed by atoms with Gasteiger partial charge in [0.2, 0.25) is 5.91 Å². The number of carbonyl (C=O) groups excluding carboxylic acids is 1. The molecule has 1 aromatic rings. The smallest absolute Gasteiger partial charge is 0.252 e. The summed E-state index contributed by atoms with van der Waals surface area (Å²) in [4.78, 5) is 13.8. The molecule has 1 amide bonds. The van der Waals surface area contributed by atoms with Crippen molar-refractivity contribution in [3.8, 4) is 0 Å². The van der Waals surface area contributed by atoms with Gasteiger partial charge in [0.1, 0.15) is 4.21 Å². The molecule has 1 aliphatic heterocycles. The first-order valence-corrected chi connectivity index (χ1v) is 9.76. The molecule has 6 nitrogen and oxygen atoms in total. The number of sulfonamides is 1. The van der Waals surface area contributed by atoms with Crippen molar-refractivity contribution in [3.63, 3.8) is 0 Å². The van der Waals surface area contributed by atoms with E-state index in [9.17, 15) is 13.2 Å². The van der Waals surface area contributed by atoms with Gasteiger partial charge in [0.25, 0.3) is 10.0 Å². The molecule has 132 valence electrons. The summed E-state index contributed by atoms with van der Waals surface area (Å²) in [6, 6.07) is 3.12.